The molecule has 0 radical (unpaired) electrons. The summed E-state index contributed by atoms with van der Waals surface area (Å²) in [5.41, 5.74) is 6.23. The summed E-state index contributed by atoms with van der Waals surface area (Å²) in [5, 5.41) is 14.6. The van der Waals surface area contributed by atoms with Gasteiger partial charge in [0, 0.05) is 31.3 Å². The maximum atomic E-state index is 12.6. The van der Waals surface area contributed by atoms with E-state index < -0.39 is 10.5 Å². The van der Waals surface area contributed by atoms with E-state index in [1.54, 1.807) is 12.1 Å². The van der Waals surface area contributed by atoms with Crippen LogP contribution in [0.1, 0.15) is 56.8 Å². The number of carbonyl (C=O) groups excluding carboxylic acids is 1. The molecule has 1 saturated heterocycles. The molecule has 144 valence electrons. The highest BCUT2D eigenvalue weighted by Gasteiger charge is 2.29. The van der Waals surface area contributed by atoms with Gasteiger partial charge in [0.25, 0.3) is 11.6 Å². The lowest BCUT2D eigenvalue weighted by molar-refractivity contribution is -0.384. The minimum atomic E-state index is -0.479. The molecule has 0 saturated carbocycles. The molecule has 26 heavy (non-hydrogen) atoms. The van der Waals surface area contributed by atoms with Crippen LogP contribution < -0.4 is 16.0 Å². The summed E-state index contributed by atoms with van der Waals surface area (Å²) in [6.07, 6.45) is 3.45. The van der Waals surface area contributed by atoms with E-state index in [1.807, 2.05) is 18.7 Å². The molecule has 1 aliphatic rings. The maximum Gasteiger partial charge on any atom is 0.293 e. The minimum Gasteiger partial charge on any atom is -0.366 e. The van der Waals surface area contributed by atoms with E-state index in [4.69, 9.17) is 5.73 Å². The number of nitro benzene ring substituents is 1. The fourth-order valence-corrected chi connectivity index (χ4v) is 3.41. The number of hydrogen-bond acceptors (Lipinski definition) is 5. The van der Waals surface area contributed by atoms with Gasteiger partial charge < -0.3 is 16.0 Å². The molecule has 1 amide bonds. The van der Waals surface area contributed by atoms with Gasteiger partial charge in [-0.15, -0.1) is 0 Å². The molecule has 0 aliphatic carbocycles. The number of anilines is 1. The summed E-state index contributed by atoms with van der Waals surface area (Å²) >= 11 is 0. The Bertz CT molecular complexity index is 642. The first-order valence-corrected chi connectivity index (χ1v) is 9.41. The fourth-order valence-electron chi connectivity index (χ4n) is 3.41. The van der Waals surface area contributed by atoms with Crippen molar-refractivity contribution in [2.24, 2.45) is 11.7 Å². The van der Waals surface area contributed by atoms with Crippen LogP contribution >= 0.6 is 0 Å². The third-order valence-electron chi connectivity index (χ3n) is 5.68. The number of piperidine rings is 1. The molecule has 2 rings (SSSR count). The van der Waals surface area contributed by atoms with Crippen LogP contribution in [-0.2, 0) is 0 Å². The average Bonchev–Trinajstić information content (AvgIpc) is 2.66. The first-order valence-electron chi connectivity index (χ1n) is 9.41. The van der Waals surface area contributed by atoms with Crippen molar-refractivity contribution in [1.82, 2.24) is 5.32 Å². The molecule has 1 fully saturated rings. The lowest BCUT2D eigenvalue weighted by Crippen LogP contribution is -2.52. The normalized spacial score (nSPS) is 15.8. The Morgan fingerprint density at radius 1 is 1.35 bits per heavy atom. The molecular formula is C19H30N4O3. The predicted molar refractivity (Wildman–Crippen MR) is 104 cm³/mol. The van der Waals surface area contributed by atoms with Gasteiger partial charge in [0.15, 0.2) is 0 Å². The molecule has 1 aromatic rings. The van der Waals surface area contributed by atoms with Crippen LogP contribution in [0.25, 0.3) is 0 Å². The van der Waals surface area contributed by atoms with Crippen molar-refractivity contribution in [1.29, 1.82) is 0 Å². The standard InChI is InChI=1S/C19H30N4O3/c1-4-19(5-2,13-20)21-18(24)15-6-7-16(17(12-15)23(25)26)22-10-8-14(3)9-11-22/h6-7,12,14H,4-5,8-11,13,20H2,1-3H3,(H,21,24). The van der Waals surface area contributed by atoms with E-state index in [2.05, 4.69) is 12.2 Å². The minimum absolute atomic E-state index is 0.0152. The quantitative estimate of drug-likeness (QED) is 0.573. The third-order valence-corrected chi connectivity index (χ3v) is 5.68. The molecule has 0 atom stereocenters. The number of amides is 1. The van der Waals surface area contributed by atoms with Gasteiger partial charge in [-0.25, -0.2) is 0 Å². The zero-order valence-corrected chi connectivity index (χ0v) is 16.0. The highest BCUT2D eigenvalue weighted by atomic mass is 16.6. The Balaban J connectivity index is 2.27. The van der Waals surface area contributed by atoms with E-state index in [0.717, 1.165) is 25.9 Å². The SMILES string of the molecule is CCC(CC)(CN)NC(=O)c1ccc(N2CCC(C)CC2)c([N+](=O)[O-])c1. The molecule has 1 heterocycles. The number of hydrogen-bond donors (Lipinski definition) is 2. The third kappa shape index (κ3) is 4.33. The van der Waals surface area contributed by atoms with E-state index in [0.29, 0.717) is 36.6 Å². The molecule has 0 aromatic heterocycles. The summed E-state index contributed by atoms with van der Waals surface area (Å²) in [6, 6.07) is 4.75. The van der Waals surface area contributed by atoms with Gasteiger partial charge in [0.1, 0.15) is 5.69 Å². The first kappa shape index (κ1) is 20.2. The van der Waals surface area contributed by atoms with Crippen LogP contribution in [-0.4, -0.2) is 36.0 Å². The molecule has 1 aromatic carbocycles. The van der Waals surface area contributed by atoms with Gasteiger partial charge in [0.05, 0.1) is 10.5 Å². The number of nitrogens with zero attached hydrogens (tertiary/aromatic N) is 2. The molecule has 3 N–H and O–H groups in total. The van der Waals surface area contributed by atoms with Gasteiger partial charge >= 0.3 is 0 Å². The number of benzene rings is 1. The zero-order valence-electron chi connectivity index (χ0n) is 16.0. The van der Waals surface area contributed by atoms with Crippen LogP contribution in [0.15, 0.2) is 18.2 Å². The van der Waals surface area contributed by atoms with Gasteiger partial charge in [-0.1, -0.05) is 20.8 Å². The molecule has 7 nitrogen and oxygen atoms in total. The summed E-state index contributed by atoms with van der Waals surface area (Å²) in [7, 11) is 0. The second-order valence-corrected chi connectivity index (χ2v) is 7.28. The van der Waals surface area contributed by atoms with Crippen LogP contribution in [0.3, 0.4) is 0 Å². The van der Waals surface area contributed by atoms with E-state index in [-0.39, 0.29) is 11.6 Å². The number of carbonyl (C=O) groups is 1. The fraction of sp³-hybridized carbons (Fsp3) is 0.632. The summed E-state index contributed by atoms with van der Waals surface area (Å²) in [5.74, 6) is 0.323. The van der Waals surface area contributed by atoms with E-state index in [9.17, 15) is 14.9 Å². The largest absolute Gasteiger partial charge is 0.366 e. The van der Waals surface area contributed by atoms with Crippen molar-refractivity contribution >= 4 is 17.3 Å². The molecule has 0 spiro atoms. The zero-order chi connectivity index (χ0) is 19.3. The Hall–Kier alpha value is -2.15. The van der Waals surface area contributed by atoms with Crippen molar-refractivity contribution in [3.63, 3.8) is 0 Å². The second kappa shape index (κ2) is 8.49. The Kier molecular flexibility index (Phi) is 6.58. The topological polar surface area (TPSA) is 102 Å². The van der Waals surface area contributed by atoms with Gasteiger partial charge in [-0.2, -0.15) is 0 Å². The van der Waals surface area contributed by atoms with Crippen LogP contribution in [0.4, 0.5) is 11.4 Å². The van der Waals surface area contributed by atoms with Crippen molar-refractivity contribution in [2.75, 3.05) is 24.5 Å². The maximum absolute atomic E-state index is 12.6. The lowest BCUT2D eigenvalue weighted by Gasteiger charge is -2.32. The molecular weight excluding hydrogens is 332 g/mol. The Morgan fingerprint density at radius 2 is 1.96 bits per heavy atom. The highest BCUT2D eigenvalue weighted by Crippen LogP contribution is 2.32. The molecule has 0 unspecified atom stereocenters. The molecule has 1 aliphatic heterocycles. The highest BCUT2D eigenvalue weighted by molar-refractivity contribution is 5.96. The number of nitrogens with two attached hydrogens (primary N) is 1. The van der Waals surface area contributed by atoms with Crippen LogP contribution in [0.2, 0.25) is 0 Å². The average molecular weight is 362 g/mol. The van der Waals surface area contributed by atoms with Crippen molar-refractivity contribution < 1.29 is 9.72 Å². The first-order chi connectivity index (χ1) is 12.4. The van der Waals surface area contributed by atoms with Crippen molar-refractivity contribution in [3.05, 3.63) is 33.9 Å². The Morgan fingerprint density at radius 3 is 2.46 bits per heavy atom. The molecule has 0 bridgehead atoms. The summed E-state index contributed by atoms with van der Waals surface area (Å²) in [4.78, 5) is 25.9. The van der Waals surface area contributed by atoms with Crippen molar-refractivity contribution in [2.45, 2.75) is 52.0 Å². The van der Waals surface area contributed by atoms with E-state index >= 15 is 0 Å². The number of rotatable bonds is 7. The summed E-state index contributed by atoms with van der Waals surface area (Å²) < 4.78 is 0. The number of nitro groups is 1. The van der Waals surface area contributed by atoms with Crippen LogP contribution in [0.5, 0.6) is 0 Å². The predicted octanol–water partition coefficient (Wildman–Crippen LogP) is 3.08. The van der Waals surface area contributed by atoms with Crippen molar-refractivity contribution in [3.8, 4) is 0 Å². The summed E-state index contributed by atoms with van der Waals surface area (Å²) in [6.45, 7) is 8.08. The van der Waals surface area contributed by atoms with Gasteiger partial charge in [-0.3, -0.25) is 14.9 Å². The molecule has 7 heteroatoms. The monoisotopic (exact) mass is 362 g/mol. The number of nitrogens with one attached hydrogen (secondary N) is 1. The van der Waals surface area contributed by atoms with Crippen LogP contribution in [0, 0.1) is 16.0 Å². The van der Waals surface area contributed by atoms with Gasteiger partial charge in [-0.05, 0) is 43.7 Å². The smallest absolute Gasteiger partial charge is 0.293 e. The lowest BCUT2D eigenvalue weighted by atomic mass is 9.92. The second-order valence-electron chi connectivity index (χ2n) is 7.28. The Labute approximate surface area is 155 Å². The van der Waals surface area contributed by atoms with Gasteiger partial charge in [0.2, 0.25) is 0 Å². The van der Waals surface area contributed by atoms with E-state index in [1.165, 1.54) is 6.07 Å².